The van der Waals surface area contributed by atoms with Gasteiger partial charge in [-0.05, 0) is 19.9 Å². The maximum Gasteiger partial charge on any atom is 0.339 e. The van der Waals surface area contributed by atoms with E-state index in [0.717, 1.165) is 5.76 Å². The summed E-state index contributed by atoms with van der Waals surface area (Å²) in [4.78, 5) is 11.0. The van der Waals surface area contributed by atoms with E-state index >= 15 is 0 Å². The highest BCUT2D eigenvalue weighted by molar-refractivity contribution is 5.71. The van der Waals surface area contributed by atoms with Crippen molar-refractivity contribution in [2.75, 3.05) is 0 Å². The SMILES string of the molecule is Cc1cc2oc(=O)c(C)cc2o1. The molecule has 0 amide bonds. The standard InChI is InChI=1S/C9H8O3/c1-5-3-7-8(12-9(5)10)4-6(2)11-7/h3-4H,1-2H3. The van der Waals surface area contributed by atoms with Gasteiger partial charge in [-0.3, -0.25) is 0 Å². The van der Waals surface area contributed by atoms with Crippen molar-refractivity contribution >= 4 is 11.2 Å². The third kappa shape index (κ3) is 0.942. The molecule has 0 spiro atoms. The van der Waals surface area contributed by atoms with Gasteiger partial charge in [0, 0.05) is 11.6 Å². The van der Waals surface area contributed by atoms with Crippen LogP contribution in [0.3, 0.4) is 0 Å². The molecule has 0 aliphatic rings. The van der Waals surface area contributed by atoms with Crippen LogP contribution in [0.25, 0.3) is 11.2 Å². The Kier molecular flexibility index (Phi) is 1.33. The minimum absolute atomic E-state index is 0.302. The first-order valence-electron chi connectivity index (χ1n) is 3.68. The van der Waals surface area contributed by atoms with Crippen molar-refractivity contribution in [3.8, 4) is 0 Å². The van der Waals surface area contributed by atoms with Gasteiger partial charge in [0.2, 0.25) is 0 Å². The molecule has 0 radical (unpaired) electrons. The Balaban J connectivity index is 2.92. The minimum atomic E-state index is -0.302. The molecule has 0 aliphatic carbocycles. The molecule has 0 bridgehead atoms. The molecular formula is C9H8O3. The Hall–Kier alpha value is -1.51. The first kappa shape index (κ1) is 7.16. The van der Waals surface area contributed by atoms with Crippen LogP contribution < -0.4 is 5.63 Å². The summed E-state index contributed by atoms with van der Waals surface area (Å²) >= 11 is 0. The summed E-state index contributed by atoms with van der Waals surface area (Å²) in [6.45, 7) is 3.51. The molecule has 62 valence electrons. The zero-order chi connectivity index (χ0) is 8.72. The molecule has 2 aromatic rings. The van der Waals surface area contributed by atoms with Crippen molar-refractivity contribution in [1.82, 2.24) is 0 Å². The summed E-state index contributed by atoms with van der Waals surface area (Å²) in [6.07, 6.45) is 0. The molecule has 0 saturated carbocycles. The average molecular weight is 164 g/mol. The first-order valence-corrected chi connectivity index (χ1v) is 3.68. The third-order valence-electron chi connectivity index (χ3n) is 1.72. The molecule has 2 heterocycles. The summed E-state index contributed by atoms with van der Waals surface area (Å²) in [7, 11) is 0. The number of hydrogen-bond donors (Lipinski definition) is 0. The quantitative estimate of drug-likeness (QED) is 0.598. The fourth-order valence-electron chi connectivity index (χ4n) is 1.13. The van der Waals surface area contributed by atoms with Gasteiger partial charge in [0.15, 0.2) is 11.2 Å². The predicted molar refractivity (Wildman–Crippen MR) is 44.2 cm³/mol. The minimum Gasteiger partial charge on any atom is -0.458 e. The van der Waals surface area contributed by atoms with E-state index < -0.39 is 0 Å². The molecule has 0 aliphatic heterocycles. The first-order chi connectivity index (χ1) is 5.66. The summed E-state index contributed by atoms with van der Waals surface area (Å²) < 4.78 is 10.2. The number of hydrogen-bond acceptors (Lipinski definition) is 3. The lowest BCUT2D eigenvalue weighted by Gasteiger charge is -1.88. The summed E-state index contributed by atoms with van der Waals surface area (Å²) in [6, 6.07) is 3.39. The van der Waals surface area contributed by atoms with E-state index in [1.165, 1.54) is 0 Å². The van der Waals surface area contributed by atoms with Crippen LogP contribution in [-0.2, 0) is 0 Å². The smallest absolute Gasteiger partial charge is 0.339 e. The van der Waals surface area contributed by atoms with Gasteiger partial charge < -0.3 is 8.83 Å². The lowest BCUT2D eigenvalue weighted by Crippen LogP contribution is -2.00. The molecule has 0 aromatic carbocycles. The van der Waals surface area contributed by atoms with Crippen molar-refractivity contribution < 1.29 is 8.83 Å². The molecule has 0 unspecified atom stereocenters. The molecule has 12 heavy (non-hydrogen) atoms. The summed E-state index contributed by atoms with van der Waals surface area (Å²) in [5, 5.41) is 0. The Bertz CT molecular complexity index is 476. The second kappa shape index (κ2) is 2.24. The molecule has 0 N–H and O–H groups in total. The monoisotopic (exact) mass is 164 g/mol. The third-order valence-corrected chi connectivity index (χ3v) is 1.72. The second-order valence-corrected chi connectivity index (χ2v) is 2.80. The average Bonchev–Trinajstić information content (AvgIpc) is 2.30. The summed E-state index contributed by atoms with van der Waals surface area (Å²) in [5.41, 5.74) is 1.41. The number of fused-ring (bicyclic) bond motifs is 1. The molecule has 2 aromatic heterocycles. The van der Waals surface area contributed by atoms with Gasteiger partial charge in [0.05, 0.1) is 0 Å². The molecule has 0 fully saturated rings. The molecule has 0 atom stereocenters. The van der Waals surface area contributed by atoms with Crippen LogP contribution in [-0.4, -0.2) is 0 Å². The van der Waals surface area contributed by atoms with E-state index in [1.54, 1.807) is 19.1 Å². The Labute approximate surface area is 68.6 Å². The molecule has 3 heteroatoms. The van der Waals surface area contributed by atoms with Crippen molar-refractivity contribution in [3.63, 3.8) is 0 Å². The predicted octanol–water partition coefficient (Wildman–Crippen LogP) is 2.00. The largest absolute Gasteiger partial charge is 0.458 e. The lowest BCUT2D eigenvalue weighted by molar-refractivity contribution is 0.539. The van der Waals surface area contributed by atoms with E-state index in [2.05, 4.69) is 0 Å². The zero-order valence-electron chi connectivity index (χ0n) is 6.88. The van der Waals surface area contributed by atoms with E-state index in [0.29, 0.717) is 16.7 Å². The highest BCUT2D eigenvalue weighted by Crippen LogP contribution is 2.17. The van der Waals surface area contributed by atoms with Crippen LogP contribution in [0.2, 0.25) is 0 Å². The van der Waals surface area contributed by atoms with Crippen molar-refractivity contribution in [1.29, 1.82) is 0 Å². The Morgan fingerprint density at radius 1 is 1.08 bits per heavy atom. The fourth-order valence-corrected chi connectivity index (χ4v) is 1.13. The van der Waals surface area contributed by atoms with Crippen molar-refractivity contribution in [2.24, 2.45) is 0 Å². The second-order valence-electron chi connectivity index (χ2n) is 2.80. The maximum atomic E-state index is 11.0. The Morgan fingerprint density at radius 2 is 1.75 bits per heavy atom. The van der Waals surface area contributed by atoms with E-state index in [9.17, 15) is 4.79 Å². The van der Waals surface area contributed by atoms with E-state index in [-0.39, 0.29) is 5.63 Å². The number of aryl methyl sites for hydroxylation is 2. The van der Waals surface area contributed by atoms with Gasteiger partial charge in [0.1, 0.15) is 5.76 Å². The number of rotatable bonds is 0. The van der Waals surface area contributed by atoms with Crippen molar-refractivity contribution in [2.45, 2.75) is 13.8 Å². The van der Waals surface area contributed by atoms with E-state index in [4.69, 9.17) is 8.83 Å². The van der Waals surface area contributed by atoms with Crippen LogP contribution in [0.4, 0.5) is 0 Å². The van der Waals surface area contributed by atoms with Gasteiger partial charge in [0.25, 0.3) is 0 Å². The molecule has 2 rings (SSSR count). The molecule has 0 saturated heterocycles. The van der Waals surface area contributed by atoms with Crippen LogP contribution >= 0.6 is 0 Å². The number of furan rings is 1. The Morgan fingerprint density at radius 3 is 2.50 bits per heavy atom. The van der Waals surface area contributed by atoms with Gasteiger partial charge >= 0.3 is 5.63 Å². The van der Waals surface area contributed by atoms with Crippen LogP contribution in [0.1, 0.15) is 11.3 Å². The maximum absolute atomic E-state index is 11.0. The molecular weight excluding hydrogens is 156 g/mol. The lowest BCUT2D eigenvalue weighted by atomic mass is 10.3. The van der Waals surface area contributed by atoms with Crippen LogP contribution in [0.15, 0.2) is 25.8 Å². The van der Waals surface area contributed by atoms with Gasteiger partial charge in [-0.2, -0.15) is 0 Å². The molecule has 3 nitrogen and oxygen atoms in total. The van der Waals surface area contributed by atoms with Gasteiger partial charge in [-0.25, -0.2) is 4.79 Å². The van der Waals surface area contributed by atoms with Crippen molar-refractivity contribution in [3.05, 3.63) is 33.9 Å². The highest BCUT2D eigenvalue weighted by atomic mass is 16.4. The fraction of sp³-hybridized carbons (Fsp3) is 0.222. The highest BCUT2D eigenvalue weighted by Gasteiger charge is 2.04. The van der Waals surface area contributed by atoms with Crippen LogP contribution in [0, 0.1) is 13.8 Å². The van der Waals surface area contributed by atoms with E-state index in [1.807, 2.05) is 6.92 Å². The topological polar surface area (TPSA) is 43.4 Å². The van der Waals surface area contributed by atoms with Crippen LogP contribution in [0.5, 0.6) is 0 Å². The van der Waals surface area contributed by atoms with Gasteiger partial charge in [-0.15, -0.1) is 0 Å². The normalized spacial score (nSPS) is 10.8. The van der Waals surface area contributed by atoms with Gasteiger partial charge in [-0.1, -0.05) is 0 Å². The zero-order valence-corrected chi connectivity index (χ0v) is 6.88. The summed E-state index contributed by atoms with van der Waals surface area (Å²) in [5.74, 6) is 0.749.